The van der Waals surface area contributed by atoms with Crippen LogP contribution in [0.1, 0.15) is 21.5 Å². The molecule has 0 saturated carbocycles. The van der Waals surface area contributed by atoms with Crippen LogP contribution >= 0.6 is 50.2 Å². The minimum Gasteiger partial charge on any atom is -0.384 e. The van der Waals surface area contributed by atoms with Gasteiger partial charge >= 0.3 is 24.1 Å². The van der Waals surface area contributed by atoms with E-state index in [1.54, 1.807) is 105 Å². The standard InChI is InChI=1S/C17H11F3N6OS.C9H8N4.C8H4BrF3N2OS.C5H6N2.C4H3ClN2.V/c18-17(19,20)16-24-15(25-27-16)12-5-4-11(28-12)10-26(13-3-1-2-6-22-13)14-9-21-7-8-23-14;1-2-4-11-8(3-1)13-9-7-10-5-6-12-9;9-3-4-1-2-5(16-4)6-13-7(15-14-6)8(10,11)12;6-5-3-1-2-4-7-5;5-4-3-6-1-2-7-4;/h1-9H,10H2;1-7H,(H,11,12,13);1-2H,3H2;1-4H,(H2,6,7);1-3H;. The van der Waals surface area contributed by atoms with Crippen molar-refractivity contribution in [2.24, 2.45) is 0 Å². The fourth-order valence-corrected chi connectivity index (χ4v) is 7.35. The van der Waals surface area contributed by atoms with Gasteiger partial charge in [-0.1, -0.05) is 56.0 Å². The Morgan fingerprint density at radius 2 is 1.10 bits per heavy atom. The molecule has 3 N–H and O–H groups in total. The van der Waals surface area contributed by atoms with Crippen LogP contribution in [0.4, 0.5) is 55.4 Å². The summed E-state index contributed by atoms with van der Waals surface area (Å²) in [6, 6.07) is 23.4. The van der Waals surface area contributed by atoms with Gasteiger partial charge < -0.3 is 25.0 Å². The van der Waals surface area contributed by atoms with Crippen molar-refractivity contribution >= 4 is 79.3 Å². The van der Waals surface area contributed by atoms with Crippen LogP contribution in [0.5, 0.6) is 0 Å². The van der Waals surface area contributed by atoms with Crippen molar-refractivity contribution < 1.29 is 53.9 Å². The maximum Gasteiger partial charge on any atom is 0.471 e. The van der Waals surface area contributed by atoms with Gasteiger partial charge in [-0.25, -0.2) is 29.9 Å². The average Bonchev–Trinajstić information content (AvgIpc) is 4.24. The molecule has 0 atom stereocenters. The quantitative estimate of drug-likeness (QED) is 0.101. The third kappa shape index (κ3) is 18.1. The number of hydrogen-bond acceptors (Lipinski definition) is 20. The van der Waals surface area contributed by atoms with E-state index in [1.807, 2.05) is 47.4 Å². The molecule has 0 unspecified atom stereocenters. The van der Waals surface area contributed by atoms with Crippen molar-refractivity contribution in [1.82, 2.24) is 65.1 Å². The molecule has 1 radical (unpaired) electrons. The number of thiophene rings is 2. The van der Waals surface area contributed by atoms with Gasteiger partial charge in [0.25, 0.3) is 0 Å². The van der Waals surface area contributed by atoms with Gasteiger partial charge in [-0.05, 0) is 60.7 Å². The summed E-state index contributed by atoms with van der Waals surface area (Å²) in [6.07, 6.45) is 10.0. The van der Waals surface area contributed by atoms with Gasteiger partial charge in [0.1, 0.15) is 28.4 Å². The maximum atomic E-state index is 12.7. The third-order valence-electron chi connectivity index (χ3n) is 8.00. The molecule has 29 heteroatoms. The van der Waals surface area contributed by atoms with E-state index in [9.17, 15) is 26.3 Å². The summed E-state index contributed by atoms with van der Waals surface area (Å²) in [4.78, 5) is 47.4. The molecule has 10 heterocycles. The van der Waals surface area contributed by atoms with E-state index >= 15 is 0 Å². The molecule has 72 heavy (non-hydrogen) atoms. The Bertz CT molecular complexity index is 2950. The maximum absolute atomic E-state index is 12.7. The molecule has 0 aliphatic heterocycles. The Morgan fingerprint density at radius 1 is 0.569 bits per heavy atom. The molecular weight excluding hydrogens is 1120 g/mol. The zero-order chi connectivity index (χ0) is 50.5. The van der Waals surface area contributed by atoms with Gasteiger partial charge in [0.2, 0.25) is 11.6 Å². The number of nitrogen functional groups attached to an aromatic ring is 1. The summed E-state index contributed by atoms with van der Waals surface area (Å²) in [7, 11) is 0. The summed E-state index contributed by atoms with van der Waals surface area (Å²) < 4.78 is 82.9. The number of rotatable bonds is 9. The largest absolute Gasteiger partial charge is 0.471 e. The smallest absolute Gasteiger partial charge is 0.384 e. The molecule has 10 aromatic rings. The average molecular weight is 1150 g/mol. The third-order valence-corrected chi connectivity index (χ3v) is 11.3. The summed E-state index contributed by atoms with van der Waals surface area (Å²) in [5, 5.41) is 10.8. The number of hydrogen-bond donors (Lipinski definition) is 2. The first-order chi connectivity index (χ1) is 34.2. The number of alkyl halides is 7. The van der Waals surface area contributed by atoms with E-state index in [4.69, 9.17) is 17.3 Å². The van der Waals surface area contributed by atoms with Gasteiger partial charge in [-0.15, -0.1) is 22.7 Å². The first-order valence-corrected chi connectivity index (χ1v) is 22.9. The monoisotopic (exact) mass is 1150 g/mol. The second-order valence-electron chi connectivity index (χ2n) is 13.1. The SMILES string of the molecule is Clc1cnccn1.FC(F)(F)c1nc(-c2ccc(CBr)s2)no1.FC(F)(F)c1nc(-c2ccc(CN(c3ccccn3)c3cnccn3)s2)no1.Nc1ccccn1.[V].c1ccc(Nc2cnccn2)nc1. The van der Waals surface area contributed by atoms with Crippen LogP contribution in [0.3, 0.4) is 0 Å². The van der Waals surface area contributed by atoms with Gasteiger partial charge in [0.15, 0.2) is 5.82 Å². The van der Waals surface area contributed by atoms with E-state index in [0.29, 0.717) is 50.1 Å². The van der Waals surface area contributed by atoms with Crippen LogP contribution in [0.25, 0.3) is 21.4 Å². The Balaban J connectivity index is 0.000000185. The molecule has 0 aliphatic carbocycles. The molecule has 0 spiro atoms. The zero-order valence-corrected chi connectivity index (χ0v) is 41.7. The number of nitrogens with zero attached hydrogens (tertiary/aromatic N) is 14. The van der Waals surface area contributed by atoms with Gasteiger partial charge in [-0.3, -0.25) is 15.0 Å². The van der Waals surface area contributed by atoms with Crippen molar-refractivity contribution in [3.8, 4) is 21.4 Å². The number of pyridine rings is 3. The predicted molar refractivity (Wildman–Crippen MR) is 255 cm³/mol. The fraction of sp³-hybridized carbons (Fsp3) is 0.0930. The van der Waals surface area contributed by atoms with Crippen LogP contribution in [-0.2, 0) is 42.8 Å². The summed E-state index contributed by atoms with van der Waals surface area (Å²) >= 11 is 11.2. The minimum absolute atomic E-state index is 0. The molecule has 10 aromatic heterocycles. The summed E-state index contributed by atoms with van der Waals surface area (Å²) in [6.45, 7) is 0.393. The van der Waals surface area contributed by atoms with E-state index in [2.05, 4.69) is 95.4 Å². The molecule has 0 aliphatic rings. The van der Waals surface area contributed by atoms with Gasteiger partial charge in [0, 0.05) is 89.4 Å². The number of halogens is 8. The molecule has 369 valence electrons. The summed E-state index contributed by atoms with van der Waals surface area (Å²) in [5.74, 6) is 0.457. The second kappa shape index (κ2) is 27.9. The fourth-order valence-electron chi connectivity index (χ4n) is 5.00. The zero-order valence-electron chi connectivity index (χ0n) is 36.3. The van der Waals surface area contributed by atoms with Crippen molar-refractivity contribution in [3.05, 3.63) is 180 Å². The van der Waals surface area contributed by atoms with Crippen molar-refractivity contribution in [2.45, 2.75) is 24.2 Å². The molecule has 0 fully saturated rings. The second-order valence-corrected chi connectivity index (χ2v) is 16.3. The van der Waals surface area contributed by atoms with Crippen LogP contribution in [0, 0.1) is 0 Å². The Morgan fingerprint density at radius 3 is 1.51 bits per heavy atom. The number of anilines is 5. The molecule has 0 bridgehead atoms. The minimum atomic E-state index is -4.67. The van der Waals surface area contributed by atoms with E-state index in [-0.39, 0.29) is 30.2 Å². The normalized spacial score (nSPS) is 10.6. The topological polar surface area (TPSA) is 235 Å². The van der Waals surface area contributed by atoms with Crippen LogP contribution in [0.15, 0.2) is 162 Å². The molecule has 0 aromatic carbocycles. The van der Waals surface area contributed by atoms with Crippen LogP contribution in [0.2, 0.25) is 5.15 Å². The Kier molecular flexibility index (Phi) is 21.6. The van der Waals surface area contributed by atoms with Crippen LogP contribution < -0.4 is 16.0 Å². The molecule has 10 rings (SSSR count). The van der Waals surface area contributed by atoms with E-state index in [0.717, 1.165) is 15.6 Å². The first kappa shape index (κ1) is 55.6. The van der Waals surface area contributed by atoms with Crippen LogP contribution in [-0.4, -0.2) is 65.1 Å². The Labute approximate surface area is 437 Å². The Hall–Kier alpha value is -7.30. The van der Waals surface area contributed by atoms with Gasteiger partial charge in [-0.2, -0.15) is 36.3 Å². The number of aromatic nitrogens is 13. The first-order valence-electron chi connectivity index (χ1n) is 19.8. The summed E-state index contributed by atoms with van der Waals surface area (Å²) in [5.41, 5.74) is 5.25. The van der Waals surface area contributed by atoms with Crippen molar-refractivity contribution in [2.75, 3.05) is 16.0 Å². The molecule has 0 saturated heterocycles. The number of nitrogens with one attached hydrogen (secondary N) is 1. The van der Waals surface area contributed by atoms with Gasteiger partial charge in [0.05, 0.1) is 34.9 Å². The van der Waals surface area contributed by atoms with Crippen molar-refractivity contribution in [3.63, 3.8) is 0 Å². The predicted octanol–water partition coefficient (Wildman–Crippen LogP) is 11.5. The van der Waals surface area contributed by atoms with Crippen molar-refractivity contribution in [1.29, 1.82) is 0 Å². The molecule has 18 nitrogen and oxygen atoms in total. The molecule has 0 amide bonds. The molecular formula is C43H32BrClF6N16O2S2V. The number of nitrogens with two attached hydrogens (primary N) is 1. The van der Waals surface area contributed by atoms with E-state index < -0.39 is 24.1 Å². The van der Waals surface area contributed by atoms with E-state index in [1.165, 1.54) is 28.9 Å².